The highest BCUT2D eigenvalue weighted by atomic mass is 35.5. The molecule has 1 amide bonds. The van der Waals surface area contributed by atoms with Gasteiger partial charge in [-0.2, -0.15) is 5.10 Å². The lowest BCUT2D eigenvalue weighted by atomic mass is 10.3. The van der Waals surface area contributed by atoms with E-state index in [1.165, 1.54) is 0 Å². The first-order valence-corrected chi connectivity index (χ1v) is 6.14. The summed E-state index contributed by atoms with van der Waals surface area (Å²) in [5, 5.41) is 6.21. The van der Waals surface area contributed by atoms with Gasteiger partial charge in [-0.3, -0.25) is 13.9 Å². The minimum Gasteiger partial charge on any atom is -0.322 e. The molecule has 0 aliphatic carbocycles. The molecule has 0 radical (unpaired) electrons. The van der Waals surface area contributed by atoms with Gasteiger partial charge in [0.1, 0.15) is 5.38 Å². The lowest BCUT2D eigenvalue weighted by Crippen LogP contribution is -2.22. The van der Waals surface area contributed by atoms with Crippen molar-refractivity contribution in [3.63, 3.8) is 0 Å². The normalized spacial score (nSPS) is 12.4. The van der Waals surface area contributed by atoms with Gasteiger partial charge in [-0.05, 0) is 19.3 Å². The highest BCUT2D eigenvalue weighted by molar-refractivity contribution is 6.32. The zero-order chi connectivity index (χ0) is 12.7. The average molecular weight is 262 g/mol. The molecule has 1 aromatic heterocycles. The fourth-order valence-electron chi connectivity index (χ4n) is 1.32. The Morgan fingerprint density at radius 1 is 1.65 bits per heavy atom. The maximum absolute atomic E-state index is 11.9. The molecular weight excluding hydrogens is 245 g/mol. The Bertz CT molecular complexity index is 356. The summed E-state index contributed by atoms with van der Waals surface area (Å²) >= 11 is 5.79. The average Bonchev–Trinajstić information content (AvgIpc) is 2.76. The van der Waals surface area contributed by atoms with Crippen LogP contribution in [-0.2, 0) is 11.3 Å². The molecule has 0 saturated heterocycles. The molecule has 96 valence electrons. The molecule has 0 spiro atoms. The number of aryl methyl sites for hydroxylation is 1. The van der Waals surface area contributed by atoms with E-state index < -0.39 is 5.38 Å². The predicted molar refractivity (Wildman–Crippen MR) is 66.0 cm³/mol. The van der Waals surface area contributed by atoms with Crippen molar-refractivity contribution < 1.29 is 9.18 Å². The van der Waals surface area contributed by atoms with Crippen LogP contribution < -0.4 is 5.32 Å². The van der Waals surface area contributed by atoms with Crippen molar-refractivity contribution >= 4 is 23.2 Å². The van der Waals surface area contributed by atoms with Crippen LogP contribution in [0, 0.1) is 0 Å². The number of hydrogen-bond acceptors (Lipinski definition) is 2. The first-order valence-electron chi connectivity index (χ1n) is 5.70. The molecule has 0 unspecified atom stereocenters. The van der Waals surface area contributed by atoms with Crippen molar-refractivity contribution in [1.29, 1.82) is 0 Å². The van der Waals surface area contributed by atoms with E-state index in [4.69, 9.17) is 11.6 Å². The number of anilines is 1. The Kier molecular flexibility index (Phi) is 5.97. The molecule has 1 heterocycles. The molecule has 0 saturated carbocycles. The smallest absolute Gasteiger partial charge is 0.242 e. The lowest BCUT2D eigenvalue weighted by molar-refractivity contribution is -0.115. The third kappa shape index (κ3) is 4.73. The number of carbonyl (C=O) groups is 1. The van der Waals surface area contributed by atoms with Crippen molar-refractivity contribution in [1.82, 2.24) is 9.78 Å². The summed E-state index contributed by atoms with van der Waals surface area (Å²) in [7, 11) is 0. The topological polar surface area (TPSA) is 46.9 Å². The molecule has 1 aromatic rings. The van der Waals surface area contributed by atoms with Crippen molar-refractivity contribution in [3.05, 3.63) is 12.4 Å². The lowest BCUT2D eigenvalue weighted by Gasteiger charge is -2.05. The van der Waals surface area contributed by atoms with Crippen LogP contribution in [0.2, 0.25) is 0 Å². The Morgan fingerprint density at radius 3 is 3.06 bits per heavy atom. The molecule has 0 bridgehead atoms. The van der Waals surface area contributed by atoms with E-state index in [1.54, 1.807) is 17.1 Å². The second-order valence-corrected chi connectivity index (χ2v) is 4.28. The van der Waals surface area contributed by atoms with Gasteiger partial charge in [-0.15, -0.1) is 11.6 Å². The number of aromatic nitrogens is 2. The van der Waals surface area contributed by atoms with Crippen molar-refractivity contribution in [3.8, 4) is 0 Å². The Morgan fingerprint density at radius 2 is 2.41 bits per heavy atom. The maximum atomic E-state index is 11.9. The van der Waals surface area contributed by atoms with E-state index in [1.807, 2.05) is 6.92 Å². The summed E-state index contributed by atoms with van der Waals surface area (Å²) in [6, 6.07) is 0. The van der Waals surface area contributed by atoms with E-state index in [9.17, 15) is 9.18 Å². The van der Waals surface area contributed by atoms with Crippen molar-refractivity contribution in [2.75, 3.05) is 12.0 Å². The van der Waals surface area contributed by atoms with Gasteiger partial charge in [-0.1, -0.05) is 6.92 Å². The summed E-state index contributed by atoms with van der Waals surface area (Å²) in [6.07, 6.45) is 5.12. The fourth-order valence-corrected chi connectivity index (χ4v) is 1.38. The van der Waals surface area contributed by atoms with Crippen LogP contribution in [0.15, 0.2) is 12.4 Å². The van der Waals surface area contributed by atoms with Gasteiger partial charge in [0, 0.05) is 12.7 Å². The van der Waals surface area contributed by atoms with Crippen LogP contribution in [0.3, 0.4) is 0 Å². The molecule has 1 N–H and O–H groups in total. The maximum Gasteiger partial charge on any atom is 0.242 e. The number of rotatable bonds is 7. The highest BCUT2D eigenvalue weighted by Gasteiger charge is 2.13. The van der Waals surface area contributed by atoms with E-state index in [2.05, 4.69) is 10.4 Å². The third-order valence-electron chi connectivity index (χ3n) is 2.31. The number of amides is 1. The molecule has 6 heteroatoms. The van der Waals surface area contributed by atoms with Gasteiger partial charge in [0.05, 0.1) is 18.6 Å². The van der Waals surface area contributed by atoms with E-state index >= 15 is 0 Å². The summed E-state index contributed by atoms with van der Waals surface area (Å²) in [4.78, 5) is 11.5. The Balaban J connectivity index is 2.42. The number of hydrogen-bond donors (Lipinski definition) is 1. The van der Waals surface area contributed by atoms with E-state index in [0.717, 1.165) is 6.42 Å². The first-order chi connectivity index (χ1) is 8.17. The number of nitrogens with zero attached hydrogens (tertiary/aromatic N) is 2. The van der Waals surface area contributed by atoms with E-state index in [-0.39, 0.29) is 12.6 Å². The first kappa shape index (κ1) is 14.0. The quantitative estimate of drug-likeness (QED) is 0.606. The summed E-state index contributed by atoms with van der Waals surface area (Å²) in [5.74, 6) is -0.225. The zero-order valence-electron chi connectivity index (χ0n) is 9.83. The number of alkyl halides is 2. The third-order valence-corrected chi connectivity index (χ3v) is 2.82. The second kappa shape index (κ2) is 7.27. The molecule has 17 heavy (non-hydrogen) atoms. The summed E-state index contributed by atoms with van der Waals surface area (Å²) < 4.78 is 13.6. The largest absolute Gasteiger partial charge is 0.322 e. The number of halogens is 2. The van der Waals surface area contributed by atoms with Crippen molar-refractivity contribution in [2.24, 2.45) is 0 Å². The number of nitrogens with one attached hydrogen (secondary N) is 1. The predicted octanol–water partition coefficient (Wildman–Crippen LogP) is 2.59. The van der Waals surface area contributed by atoms with Gasteiger partial charge in [0.15, 0.2) is 0 Å². The Hall–Kier alpha value is -1.10. The fraction of sp³-hybridized carbons (Fsp3) is 0.636. The molecule has 0 fully saturated rings. The minimum atomic E-state index is -0.523. The molecule has 0 aliphatic rings. The Labute approximate surface area is 105 Å². The monoisotopic (exact) mass is 261 g/mol. The molecular formula is C11H17ClFN3O. The van der Waals surface area contributed by atoms with Gasteiger partial charge in [0.2, 0.25) is 5.91 Å². The second-order valence-electron chi connectivity index (χ2n) is 3.75. The van der Waals surface area contributed by atoms with Crippen LogP contribution in [0.25, 0.3) is 0 Å². The van der Waals surface area contributed by atoms with E-state index in [0.29, 0.717) is 25.1 Å². The van der Waals surface area contributed by atoms with Crippen LogP contribution >= 0.6 is 11.6 Å². The molecule has 1 atom stereocenters. The number of unbranched alkanes of at least 4 members (excludes halogenated alkanes) is 1. The van der Waals surface area contributed by atoms with Crippen LogP contribution in [0.5, 0.6) is 0 Å². The van der Waals surface area contributed by atoms with Crippen molar-refractivity contribution in [2.45, 2.75) is 38.1 Å². The summed E-state index contributed by atoms with van der Waals surface area (Å²) in [5.41, 5.74) is 0.620. The van der Waals surface area contributed by atoms with Crippen LogP contribution in [0.4, 0.5) is 10.1 Å². The van der Waals surface area contributed by atoms with Crippen LogP contribution in [0.1, 0.15) is 26.2 Å². The number of carbonyl (C=O) groups excluding carboxylic acids is 1. The molecule has 0 aliphatic heterocycles. The molecule has 0 aromatic carbocycles. The van der Waals surface area contributed by atoms with Gasteiger partial charge in [-0.25, -0.2) is 0 Å². The highest BCUT2D eigenvalue weighted by Crippen LogP contribution is 2.09. The minimum absolute atomic E-state index is 0.225. The van der Waals surface area contributed by atoms with Gasteiger partial charge < -0.3 is 5.32 Å². The standard InChI is InChI=1S/C11H17ClFN3O/c1-2-10(12)11(17)15-9-7-14-16(8-9)6-4-3-5-13/h7-8,10H,2-6H2,1H3,(H,15,17)/t10-/m1/s1. The molecule has 1 rings (SSSR count). The van der Waals surface area contributed by atoms with Crippen LogP contribution in [-0.4, -0.2) is 27.7 Å². The SMILES string of the molecule is CC[C@@H](Cl)C(=O)Nc1cnn(CCCCF)c1. The van der Waals surface area contributed by atoms with Gasteiger partial charge >= 0.3 is 0 Å². The zero-order valence-corrected chi connectivity index (χ0v) is 10.6. The summed E-state index contributed by atoms with van der Waals surface area (Å²) in [6.45, 7) is 2.19. The molecule has 4 nitrogen and oxygen atoms in total. The van der Waals surface area contributed by atoms with Gasteiger partial charge in [0.25, 0.3) is 0 Å².